The van der Waals surface area contributed by atoms with Crippen molar-refractivity contribution in [2.45, 2.75) is 13.5 Å². The van der Waals surface area contributed by atoms with Gasteiger partial charge >= 0.3 is 0 Å². The Balaban J connectivity index is 2.12. The van der Waals surface area contributed by atoms with E-state index in [1.54, 1.807) is 4.68 Å². The summed E-state index contributed by atoms with van der Waals surface area (Å²) in [6, 6.07) is 4.45. The van der Waals surface area contributed by atoms with Crippen molar-refractivity contribution in [2.75, 3.05) is 0 Å². The molecule has 2 heterocycles. The van der Waals surface area contributed by atoms with E-state index in [4.69, 9.17) is 11.6 Å². The van der Waals surface area contributed by atoms with Crippen LogP contribution < -0.4 is 5.56 Å². The van der Waals surface area contributed by atoms with E-state index in [1.165, 1.54) is 17.0 Å². The Kier molecular flexibility index (Phi) is 3.25. The highest BCUT2D eigenvalue weighted by molar-refractivity contribution is 6.31. The molecule has 0 spiro atoms. The Morgan fingerprint density at radius 1 is 1.33 bits per heavy atom. The molecule has 3 rings (SSSR count). The largest absolute Gasteiger partial charge is 0.293 e. The van der Waals surface area contributed by atoms with Gasteiger partial charge in [0.25, 0.3) is 5.56 Å². The number of halogens is 2. The first-order valence-corrected chi connectivity index (χ1v) is 6.67. The third kappa shape index (κ3) is 2.42. The molecule has 1 aromatic carbocycles. The molecule has 0 amide bonds. The zero-order chi connectivity index (χ0) is 15.1. The van der Waals surface area contributed by atoms with Gasteiger partial charge in [-0.25, -0.2) is 9.37 Å². The SMILES string of the molecule is Cc1cc(Cn2cnc3c(F)cc(Cl)cc3c2=O)nn1C. The van der Waals surface area contributed by atoms with Gasteiger partial charge in [-0.1, -0.05) is 11.6 Å². The van der Waals surface area contributed by atoms with Crippen LogP contribution in [0.5, 0.6) is 0 Å². The van der Waals surface area contributed by atoms with Crippen molar-refractivity contribution >= 4 is 22.5 Å². The molecular weight excluding hydrogens is 295 g/mol. The molecule has 2 aromatic heterocycles. The number of benzene rings is 1. The maximum atomic E-state index is 13.7. The normalized spacial score (nSPS) is 11.2. The number of hydrogen-bond acceptors (Lipinski definition) is 3. The molecule has 0 atom stereocenters. The van der Waals surface area contributed by atoms with Crippen LogP contribution >= 0.6 is 11.6 Å². The first-order valence-electron chi connectivity index (χ1n) is 6.29. The highest BCUT2D eigenvalue weighted by Gasteiger charge is 2.11. The van der Waals surface area contributed by atoms with Crippen LogP contribution in [0.3, 0.4) is 0 Å². The average Bonchev–Trinajstić information content (AvgIpc) is 2.72. The van der Waals surface area contributed by atoms with Crippen LogP contribution in [-0.2, 0) is 13.6 Å². The molecule has 0 fully saturated rings. The minimum atomic E-state index is -0.601. The van der Waals surface area contributed by atoms with Crippen molar-refractivity contribution in [3.05, 3.63) is 57.1 Å². The lowest BCUT2D eigenvalue weighted by atomic mass is 10.2. The summed E-state index contributed by atoms with van der Waals surface area (Å²) in [5, 5.41) is 4.62. The molecule has 5 nitrogen and oxygen atoms in total. The second-order valence-corrected chi connectivity index (χ2v) is 5.30. The zero-order valence-electron chi connectivity index (χ0n) is 11.5. The van der Waals surface area contributed by atoms with Crippen molar-refractivity contribution in [3.63, 3.8) is 0 Å². The second kappa shape index (κ2) is 4.96. The predicted octanol–water partition coefficient (Wildman–Crippen LogP) is 2.28. The standard InChI is InChI=1S/C14H12ClFN4O/c1-8-3-10(18-19(8)2)6-20-7-17-13-11(14(20)21)4-9(15)5-12(13)16/h3-5,7H,6H2,1-2H3. The van der Waals surface area contributed by atoms with Crippen LogP contribution in [0.15, 0.2) is 29.3 Å². The maximum Gasteiger partial charge on any atom is 0.261 e. The molecule has 0 bridgehead atoms. The van der Waals surface area contributed by atoms with Gasteiger partial charge in [0.2, 0.25) is 0 Å². The van der Waals surface area contributed by atoms with Crippen molar-refractivity contribution in [3.8, 4) is 0 Å². The van der Waals surface area contributed by atoms with Crippen molar-refractivity contribution in [2.24, 2.45) is 7.05 Å². The lowest BCUT2D eigenvalue weighted by molar-refractivity contribution is 0.633. The highest BCUT2D eigenvalue weighted by atomic mass is 35.5. The van der Waals surface area contributed by atoms with Crippen LogP contribution in [-0.4, -0.2) is 19.3 Å². The molecule has 0 unspecified atom stereocenters. The number of aryl methyl sites for hydroxylation is 2. The number of aromatic nitrogens is 4. The van der Waals surface area contributed by atoms with E-state index >= 15 is 0 Å². The molecule has 7 heteroatoms. The van der Waals surface area contributed by atoms with E-state index in [0.29, 0.717) is 0 Å². The van der Waals surface area contributed by atoms with Gasteiger partial charge in [-0.05, 0) is 25.1 Å². The molecule has 21 heavy (non-hydrogen) atoms. The summed E-state index contributed by atoms with van der Waals surface area (Å²) in [5.74, 6) is -0.601. The van der Waals surface area contributed by atoms with Crippen molar-refractivity contribution < 1.29 is 4.39 Å². The second-order valence-electron chi connectivity index (χ2n) is 4.86. The van der Waals surface area contributed by atoms with Gasteiger partial charge in [0.1, 0.15) is 5.52 Å². The summed E-state index contributed by atoms with van der Waals surface area (Å²) in [7, 11) is 1.83. The van der Waals surface area contributed by atoms with E-state index < -0.39 is 5.82 Å². The Hall–Kier alpha value is -2.21. The predicted molar refractivity (Wildman–Crippen MR) is 78.0 cm³/mol. The topological polar surface area (TPSA) is 52.7 Å². The fourth-order valence-corrected chi connectivity index (χ4v) is 2.40. The minimum Gasteiger partial charge on any atom is -0.293 e. The first-order chi connectivity index (χ1) is 9.95. The van der Waals surface area contributed by atoms with Gasteiger partial charge in [0, 0.05) is 17.8 Å². The molecule has 0 saturated heterocycles. The molecule has 0 radical (unpaired) electrons. The molecule has 3 aromatic rings. The van der Waals surface area contributed by atoms with E-state index in [0.717, 1.165) is 17.5 Å². The minimum absolute atomic E-state index is 0.0258. The highest BCUT2D eigenvalue weighted by Crippen LogP contribution is 2.18. The maximum absolute atomic E-state index is 13.7. The van der Waals surface area contributed by atoms with Gasteiger partial charge in [0.05, 0.1) is 24.0 Å². The molecule has 108 valence electrons. The van der Waals surface area contributed by atoms with Crippen LogP contribution in [0.4, 0.5) is 4.39 Å². The molecular formula is C14H12ClFN4O. The summed E-state index contributed by atoms with van der Waals surface area (Å²) < 4.78 is 16.8. The van der Waals surface area contributed by atoms with Gasteiger partial charge in [-0.15, -0.1) is 0 Å². The fraction of sp³-hybridized carbons (Fsp3) is 0.214. The molecule has 0 aliphatic carbocycles. The zero-order valence-corrected chi connectivity index (χ0v) is 12.2. The van der Waals surface area contributed by atoms with Crippen LogP contribution in [0.1, 0.15) is 11.4 Å². The monoisotopic (exact) mass is 306 g/mol. The van der Waals surface area contributed by atoms with Crippen molar-refractivity contribution in [1.82, 2.24) is 19.3 Å². The van der Waals surface area contributed by atoms with E-state index in [9.17, 15) is 9.18 Å². The number of hydrogen-bond donors (Lipinski definition) is 0. The Labute approximate surface area is 124 Å². The van der Waals surface area contributed by atoms with E-state index in [-0.39, 0.29) is 28.0 Å². The quantitative estimate of drug-likeness (QED) is 0.730. The van der Waals surface area contributed by atoms with Gasteiger partial charge < -0.3 is 0 Å². The third-order valence-electron chi connectivity index (χ3n) is 3.34. The van der Waals surface area contributed by atoms with E-state index in [1.807, 2.05) is 20.0 Å². The summed E-state index contributed by atoms with van der Waals surface area (Å²) >= 11 is 5.80. The summed E-state index contributed by atoms with van der Waals surface area (Å²) in [6.45, 7) is 2.20. The number of fused-ring (bicyclic) bond motifs is 1. The molecule has 0 aliphatic heterocycles. The smallest absolute Gasteiger partial charge is 0.261 e. The van der Waals surface area contributed by atoms with E-state index in [2.05, 4.69) is 10.1 Å². The summed E-state index contributed by atoms with van der Waals surface area (Å²) in [4.78, 5) is 16.4. The lowest BCUT2D eigenvalue weighted by Gasteiger charge is -2.05. The van der Waals surface area contributed by atoms with Gasteiger partial charge in [0.15, 0.2) is 5.82 Å². The van der Waals surface area contributed by atoms with Crippen molar-refractivity contribution in [1.29, 1.82) is 0 Å². The Bertz CT molecular complexity index is 880. The first kappa shape index (κ1) is 13.8. The molecule has 0 saturated carbocycles. The van der Waals surface area contributed by atoms with Crippen LogP contribution in [0.25, 0.3) is 10.9 Å². The average molecular weight is 307 g/mol. The summed E-state index contributed by atoms with van der Waals surface area (Å²) in [6.07, 6.45) is 1.33. The van der Waals surface area contributed by atoms with Crippen LogP contribution in [0.2, 0.25) is 5.02 Å². The van der Waals surface area contributed by atoms with Gasteiger partial charge in [-0.3, -0.25) is 14.0 Å². The third-order valence-corrected chi connectivity index (χ3v) is 3.56. The van der Waals surface area contributed by atoms with Gasteiger partial charge in [-0.2, -0.15) is 5.10 Å². The Morgan fingerprint density at radius 2 is 2.10 bits per heavy atom. The molecule has 0 N–H and O–H groups in total. The fourth-order valence-electron chi connectivity index (χ4n) is 2.19. The number of nitrogens with zero attached hydrogens (tertiary/aromatic N) is 4. The van der Waals surface area contributed by atoms with Crippen LogP contribution in [0, 0.1) is 12.7 Å². The lowest BCUT2D eigenvalue weighted by Crippen LogP contribution is -2.21. The molecule has 0 aliphatic rings. The Morgan fingerprint density at radius 3 is 2.76 bits per heavy atom. The summed E-state index contributed by atoms with van der Waals surface area (Å²) in [5.41, 5.74) is 1.41. The number of rotatable bonds is 2.